The first kappa shape index (κ1) is 14.5. The van der Waals surface area contributed by atoms with Crippen LogP contribution in [0.3, 0.4) is 0 Å². The molecule has 0 atom stereocenters. The fraction of sp³-hybridized carbons (Fsp3) is 0.200. The summed E-state index contributed by atoms with van der Waals surface area (Å²) in [6.45, 7) is 1.39. The average molecular weight is 326 g/mol. The predicted molar refractivity (Wildman–Crippen MR) is 60.5 cm³/mol. The van der Waals surface area contributed by atoms with Crippen molar-refractivity contribution in [3.05, 3.63) is 27.7 Å². The molecule has 0 bridgehead atoms. The number of aryl methyl sites for hydroxylation is 1. The highest BCUT2D eigenvalue weighted by Crippen LogP contribution is 2.27. The summed E-state index contributed by atoms with van der Waals surface area (Å²) in [6.07, 6.45) is -5.00. The maximum atomic E-state index is 12.1. The summed E-state index contributed by atoms with van der Waals surface area (Å²) in [7, 11) is 0. The Hall–Kier alpha value is -1.57. The van der Waals surface area contributed by atoms with E-state index in [0.29, 0.717) is 0 Å². The minimum atomic E-state index is -5.00. The molecular formula is C10H7BrF3NO3. The molecule has 0 saturated carbocycles. The molecule has 0 radical (unpaired) electrons. The number of hydrogen-bond acceptors (Lipinski definition) is 2. The summed E-state index contributed by atoms with van der Waals surface area (Å²) >= 11 is 2.91. The van der Waals surface area contributed by atoms with Gasteiger partial charge in [-0.15, -0.1) is 0 Å². The number of rotatable bonds is 2. The number of hydrogen-bond donors (Lipinski definition) is 2. The molecule has 0 aliphatic rings. The van der Waals surface area contributed by atoms with Gasteiger partial charge < -0.3 is 10.4 Å². The Morgan fingerprint density at radius 1 is 1.33 bits per heavy atom. The smallest absolute Gasteiger partial charge is 0.471 e. The van der Waals surface area contributed by atoms with Crippen molar-refractivity contribution in [2.45, 2.75) is 13.1 Å². The van der Waals surface area contributed by atoms with E-state index in [4.69, 9.17) is 5.11 Å². The molecule has 0 fully saturated rings. The van der Waals surface area contributed by atoms with Crippen molar-refractivity contribution < 1.29 is 27.9 Å². The number of carbonyl (C=O) groups excluding carboxylic acids is 1. The van der Waals surface area contributed by atoms with Gasteiger partial charge >= 0.3 is 18.1 Å². The molecule has 0 aliphatic heterocycles. The molecule has 8 heteroatoms. The normalized spacial score (nSPS) is 11.2. The lowest BCUT2D eigenvalue weighted by molar-refractivity contribution is -0.167. The Labute approximate surface area is 108 Å². The number of alkyl halides is 3. The van der Waals surface area contributed by atoms with Crippen molar-refractivity contribution in [3.63, 3.8) is 0 Å². The van der Waals surface area contributed by atoms with Gasteiger partial charge in [-0.3, -0.25) is 4.79 Å². The Kier molecular flexibility index (Phi) is 4.00. The molecule has 98 valence electrons. The molecule has 0 heterocycles. The molecule has 2 N–H and O–H groups in total. The van der Waals surface area contributed by atoms with Gasteiger partial charge in [0.2, 0.25) is 0 Å². The van der Waals surface area contributed by atoms with Crippen LogP contribution in [0.5, 0.6) is 0 Å². The number of carboxylic acids is 1. The minimum Gasteiger partial charge on any atom is -0.478 e. The van der Waals surface area contributed by atoms with Crippen molar-refractivity contribution >= 4 is 33.5 Å². The van der Waals surface area contributed by atoms with E-state index >= 15 is 0 Å². The zero-order valence-electron chi connectivity index (χ0n) is 8.93. The van der Waals surface area contributed by atoms with Crippen LogP contribution in [0.2, 0.25) is 0 Å². The monoisotopic (exact) mass is 325 g/mol. The molecule has 18 heavy (non-hydrogen) atoms. The molecule has 4 nitrogen and oxygen atoms in total. The highest BCUT2D eigenvalue weighted by molar-refractivity contribution is 9.10. The van der Waals surface area contributed by atoms with Gasteiger partial charge in [-0.05, 0) is 40.5 Å². The summed E-state index contributed by atoms with van der Waals surface area (Å²) in [5.41, 5.74) is 0.0138. The first-order valence-corrected chi connectivity index (χ1v) is 5.34. The molecular weight excluding hydrogens is 319 g/mol. The largest absolute Gasteiger partial charge is 0.478 e. The van der Waals surface area contributed by atoms with Crippen molar-refractivity contribution in [2.24, 2.45) is 0 Å². The van der Waals surface area contributed by atoms with Gasteiger partial charge in [0.15, 0.2) is 0 Å². The van der Waals surface area contributed by atoms with E-state index in [1.165, 1.54) is 13.0 Å². The van der Waals surface area contributed by atoms with Gasteiger partial charge in [0, 0.05) is 10.2 Å². The second-order valence-corrected chi connectivity index (χ2v) is 4.26. The second kappa shape index (κ2) is 4.97. The predicted octanol–water partition coefficient (Wildman–Crippen LogP) is 2.96. The van der Waals surface area contributed by atoms with E-state index < -0.39 is 18.1 Å². The molecule has 0 saturated heterocycles. The number of nitrogens with one attached hydrogen (secondary N) is 1. The average Bonchev–Trinajstić information content (AvgIpc) is 2.21. The molecule has 0 unspecified atom stereocenters. The lowest BCUT2D eigenvalue weighted by Crippen LogP contribution is -2.30. The Morgan fingerprint density at radius 2 is 1.89 bits per heavy atom. The quantitative estimate of drug-likeness (QED) is 0.878. The van der Waals surface area contributed by atoms with Gasteiger partial charge in [-0.2, -0.15) is 13.2 Å². The van der Waals surface area contributed by atoms with Gasteiger partial charge in [-0.25, -0.2) is 4.79 Å². The van der Waals surface area contributed by atoms with Crippen molar-refractivity contribution in [3.8, 4) is 0 Å². The number of carboxylic acid groups (broad SMARTS) is 1. The van der Waals surface area contributed by atoms with Crippen molar-refractivity contribution in [2.75, 3.05) is 5.32 Å². The Morgan fingerprint density at radius 3 is 2.33 bits per heavy atom. The van der Waals surface area contributed by atoms with Crippen LogP contribution in [0, 0.1) is 6.92 Å². The van der Waals surface area contributed by atoms with E-state index in [9.17, 15) is 22.8 Å². The molecule has 1 aromatic rings. The van der Waals surface area contributed by atoms with E-state index in [0.717, 1.165) is 6.07 Å². The van der Waals surface area contributed by atoms with Gasteiger partial charge in [-0.1, -0.05) is 0 Å². The van der Waals surface area contributed by atoms with E-state index in [-0.39, 0.29) is 21.3 Å². The van der Waals surface area contributed by atoms with Gasteiger partial charge in [0.1, 0.15) is 0 Å². The van der Waals surface area contributed by atoms with Crippen LogP contribution in [0.25, 0.3) is 0 Å². The summed E-state index contributed by atoms with van der Waals surface area (Å²) in [6, 6.07) is 2.28. The Bertz CT molecular complexity index is 514. The topological polar surface area (TPSA) is 66.4 Å². The zero-order chi connectivity index (χ0) is 14.1. The maximum Gasteiger partial charge on any atom is 0.471 e. The lowest BCUT2D eigenvalue weighted by Gasteiger charge is -2.12. The number of carbonyl (C=O) groups is 2. The van der Waals surface area contributed by atoms with Crippen LogP contribution in [0.1, 0.15) is 15.9 Å². The van der Waals surface area contributed by atoms with Crippen LogP contribution < -0.4 is 5.32 Å². The summed E-state index contributed by atoms with van der Waals surface area (Å²) in [4.78, 5) is 21.5. The van der Waals surface area contributed by atoms with E-state index in [2.05, 4.69) is 15.9 Å². The molecule has 0 aromatic heterocycles. The third kappa shape index (κ3) is 3.22. The van der Waals surface area contributed by atoms with Crippen molar-refractivity contribution in [1.82, 2.24) is 0 Å². The number of benzene rings is 1. The number of aromatic carboxylic acids is 1. The maximum absolute atomic E-state index is 12.1. The molecule has 0 spiro atoms. The summed E-state index contributed by atoms with van der Waals surface area (Å²) < 4.78 is 36.3. The fourth-order valence-corrected chi connectivity index (χ4v) is 1.69. The summed E-state index contributed by atoms with van der Waals surface area (Å²) in [5, 5.41) is 10.5. The Balaban J connectivity index is 3.10. The minimum absolute atomic E-state index is 0.0816. The highest BCUT2D eigenvalue weighted by Gasteiger charge is 2.38. The third-order valence-electron chi connectivity index (χ3n) is 2.05. The van der Waals surface area contributed by atoms with Crippen molar-refractivity contribution in [1.29, 1.82) is 0 Å². The standard InChI is InChI=1S/C10H7BrF3NO3/c1-4-2-5(8(16)17)6(11)3-7(4)15-9(18)10(12,13)14/h2-3H,1H3,(H,15,18)(H,16,17). The number of amides is 1. The van der Waals surface area contributed by atoms with E-state index in [1.54, 1.807) is 5.32 Å². The first-order valence-electron chi connectivity index (χ1n) is 4.54. The van der Waals surface area contributed by atoms with Crippen LogP contribution in [-0.2, 0) is 4.79 Å². The van der Waals surface area contributed by atoms with Crippen LogP contribution in [0.15, 0.2) is 16.6 Å². The van der Waals surface area contributed by atoms with Crippen LogP contribution in [-0.4, -0.2) is 23.2 Å². The molecule has 0 aliphatic carbocycles. The van der Waals surface area contributed by atoms with E-state index in [1.807, 2.05) is 0 Å². The first-order chi connectivity index (χ1) is 8.12. The van der Waals surface area contributed by atoms with Gasteiger partial charge in [0.25, 0.3) is 0 Å². The van der Waals surface area contributed by atoms with Crippen LogP contribution >= 0.6 is 15.9 Å². The number of halogens is 4. The third-order valence-corrected chi connectivity index (χ3v) is 2.71. The lowest BCUT2D eigenvalue weighted by atomic mass is 10.1. The SMILES string of the molecule is Cc1cc(C(=O)O)c(Br)cc1NC(=O)C(F)(F)F. The zero-order valence-corrected chi connectivity index (χ0v) is 10.5. The highest BCUT2D eigenvalue weighted by atomic mass is 79.9. The van der Waals surface area contributed by atoms with Crippen LogP contribution in [0.4, 0.5) is 18.9 Å². The molecule has 1 rings (SSSR count). The van der Waals surface area contributed by atoms with Gasteiger partial charge in [0.05, 0.1) is 5.56 Å². The number of anilines is 1. The second-order valence-electron chi connectivity index (χ2n) is 3.40. The molecule has 1 aromatic carbocycles. The fourth-order valence-electron chi connectivity index (χ4n) is 1.17. The molecule has 1 amide bonds. The summed E-state index contributed by atoms with van der Waals surface area (Å²) in [5.74, 6) is -3.33.